The molecule has 1 aromatic carbocycles. The van der Waals surface area contributed by atoms with Gasteiger partial charge in [0.15, 0.2) is 0 Å². The molecule has 2 aromatic rings. The number of aryl methyl sites for hydroxylation is 1. The molecule has 1 aliphatic rings. The smallest absolute Gasteiger partial charge is 0.112 e. The van der Waals surface area contributed by atoms with E-state index in [-0.39, 0.29) is 0 Å². The van der Waals surface area contributed by atoms with Crippen LogP contribution in [0.2, 0.25) is 0 Å². The molecule has 4 heteroatoms. The predicted octanol–water partition coefficient (Wildman–Crippen LogP) is 2.05. The zero-order chi connectivity index (χ0) is 14.3. The van der Waals surface area contributed by atoms with Crippen LogP contribution in [-0.4, -0.2) is 44.8 Å². The van der Waals surface area contributed by atoms with Gasteiger partial charge in [-0.25, -0.2) is 4.98 Å². The third-order valence-electron chi connectivity index (χ3n) is 4.51. The van der Waals surface area contributed by atoms with Crippen molar-refractivity contribution in [3.8, 4) is 0 Å². The Labute approximate surface area is 120 Å². The number of likely N-dealkylation sites (tertiary alicyclic amines) is 1. The van der Waals surface area contributed by atoms with Gasteiger partial charge in [-0.2, -0.15) is 0 Å². The molecule has 0 amide bonds. The third kappa shape index (κ3) is 2.23. The number of likely N-dealkylation sites (N-methyl/N-ethyl adjacent to an activating group) is 1. The van der Waals surface area contributed by atoms with E-state index in [9.17, 15) is 5.11 Å². The van der Waals surface area contributed by atoms with E-state index in [4.69, 9.17) is 4.98 Å². The molecule has 2 heterocycles. The van der Waals surface area contributed by atoms with Crippen molar-refractivity contribution in [1.82, 2.24) is 14.5 Å². The molecule has 1 N–H and O–H groups in total. The van der Waals surface area contributed by atoms with Crippen molar-refractivity contribution >= 4 is 11.0 Å². The molecule has 0 spiro atoms. The van der Waals surface area contributed by atoms with Crippen LogP contribution in [0.3, 0.4) is 0 Å². The fraction of sp³-hybridized carbons (Fsp3) is 0.562. The van der Waals surface area contributed by atoms with Crippen LogP contribution < -0.4 is 0 Å². The summed E-state index contributed by atoms with van der Waals surface area (Å²) >= 11 is 0. The Bertz CT molecular complexity index is 609. The lowest BCUT2D eigenvalue weighted by Crippen LogP contribution is -2.35. The van der Waals surface area contributed by atoms with E-state index < -0.39 is 5.60 Å². The minimum Gasteiger partial charge on any atom is -0.388 e. The van der Waals surface area contributed by atoms with E-state index in [1.165, 1.54) is 0 Å². The summed E-state index contributed by atoms with van der Waals surface area (Å²) in [5.74, 6) is 0.999. The highest BCUT2D eigenvalue weighted by atomic mass is 16.3. The molecule has 1 aliphatic heterocycles. The first kappa shape index (κ1) is 13.6. The fourth-order valence-electron chi connectivity index (χ4n) is 3.43. The number of nitrogens with zero attached hydrogens (tertiary/aromatic N) is 3. The van der Waals surface area contributed by atoms with Crippen LogP contribution >= 0.6 is 0 Å². The summed E-state index contributed by atoms with van der Waals surface area (Å²) in [7, 11) is 2.07. The molecule has 4 nitrogen and oxygen atoms in total. The lowest BCUT2D eigenvalue weighted by atomic mass is 9.96. The summed E-state index contributed by atoms with van der Waals surface area (Å²) in [5, 5.41) is 10.8. The van der Waals surface area contributed by atoms with Gasteiger partial charge < -0.3 is 14.6 Å². The normalized spacial score (nSPS) is 27.5. The van der Waals surface area contributed by atoms with Crippen LogP contribution in [-0.2, 0) is 13.0 Å². The van der Waals surface area contributed by atoms with Gasteiger partial charge in [0, 0.05) is 25.6 Å². The molecule has 0 radical (unpaired) electrons. The Hall–Kier alpha value is -1.39. The van der Waals surface area contributed by atoms with E-state index in [2.05, 4.69) is 36.4 Å². The lowest BCUT2D eigenvalue weighted by molar-refractivity contribution is 0.0494. The van der Waals surface area contributed by atoms with Crippen molar-refractivity contribution < 1.29 is 5.11 Å². The summed E-state index contributed by atoms with van der Waals surface area (Å²) in [6, 6.07) is 8.63. The highest BCUT2D eigenvalue weighted by Gasteiger charge is 2.40. The highest BCUT2D eigenvalue weighted by molar-refractivity contribution is 5.75. The maximum absolute atomic E-state index is 10.8. The van der Waals surface area contributed by atoms with Gasteiger partial charge in [0.05, 0.1) is 16.6 Å². The maximum atomic E-state index is 10.8. The molecular formula is C16H23N3O. The molecular weight excluding hydrogens is 250 g/mol. The summed E-state index contributed by atoms with van der Waals surface area (Å²) in [4.78, 5) is 6.95. The molecule has 20 heavy (non-hydrogen) atoms. The van der Waals surface area contributed by atoms with Gasteiger partial charge in [0.25, 0.3) is 0 Å². The zero-order valence-electron chi connectivity index (χ0n) is 12.5. The second kappa shape index (κ2) is 4.86. The number of imidazole rings is 1. The minimum absolute atomic E-state index is 0.430. The SMILES string of the molecule is CCn1c(CC2(O)CC(C)N(C)C2)nc2ccccc21. The largest absolute Gasteiger partial charge is 0.388 e. The van der Waals surface area contributed by atoms with Crippen LogP contribution in [0.15, 0.2) is 24.3 Å². The molecule has 1 fully saturated rings. The first-order chi connectivity index (χ1) is 9.52. The second-order valence-corrected chi connectivity index (χ2v) is 6.13. The van der Waals surface area contributed by atoms with E-state index in [0.717, 1.165) is 36.4 Å². The van der Waals surface area contributed by atoms with Gasteiger partial charge in [-0.3, -0.25) is 0 Å². The number of benzene rings is 1. The van der Waals surface area contributed by atoms with Gasteiger partial charge in [-0.15, -0.1) is 0 Å². The topological polar surface area (TPSA) is 41.3 Å². The van der Waals surface area contributed by atoms with Crippen molar-refractivity contribution in [2.75, 3.05) is 13.6 Å². The Balaban J connectivity index is 1.95. The zero-order valence-corrected chi connectivity index (χ0v) is 12.5. The van der Waals surface area contributed by atoms with E-state index in [1.807, 2.05) is 18.2 Å². The first-order valence-corrected chi connectivity index (χ1v) is 7.39. The van der Waals surface area contributed by atoms with Crippen LogP contribution in [0.5, 0.6) is 0 Å². The summed E-state index contributed by atoms with van der Waals surface area (Å²) in [6.45, 7) is 5.91. The monoisotopic (exact) mass is 273 g/mol. The van der Waals surface area contributed by atoms with Crippen LogP contribution in [0.4, 0.5) is 0 Å². The molecule has 0 saturated carbocycles. The maximum Gasteiger partial charge on any atom is 0.112 e. The van der Waals surface area contributed by atoms with Crippen LogP contribution in [0.25, 0.3) is 11.0 Å². The van der Waals surface area contributed by atoms with Gasteiger partial charge in [-0.1, -0.05) is 12.1 Å². The number of rotatable bonds is 3. The predicted molar refractivity (Wildman–Crippen MR) is 80.8 cm³/mol. The van der Waals surface area contributed by atoms with Crippen molar-refractivity contribution in [3.05, 3.63) is 30.1 Å². The number of aromatic nitrogens is 2. The molecule has 2 atom stereocenters. The van der Waals surface area contributed by atoms with E-state index in [0.29, 0.717) is 12.5 Å². The Morgan fingerprint density at radius 2 is 2.15 bits per heavy atom. The molecule has 1 saturated heterocycles. The molecule has 108 valence electrons. The number of fused-ring (bicyclic) bond motifs is 1. The summed E-state index contributed by atoms with van der Waals surface area (Å²) in [5.41, 5.74) is 1.53. The molecule has 0 bridgehead atoms. The third-order valence-corrected chi connectivity index (χ3v) is 4.51. The van der Waals surface area contributed by atoms with Gasteiger partial charge in [0.1, 0.15) is 5.82 Å². The Morgan fingerprint density at radius 3 is 2.80 bits per heavy atom. The first-order valence-electron chi connectivity index (χ1n) is 7.39. The Morgan fingerprint density at radius 1 is 1.40 bits per heavy atom. The lowest BCUT2D eigenvalue weighted by Gasteiger charge is -2.22. The number of β-amino-alcohol motifs (C(OH)–C–C–N with tert-alkyl or cyclic N) is 1. The minimum atomic E-state index is -0.650. The molecule has 3 rings (SSSR count). The van der Waals surface area contributed by atoms with Gasteiger partial charge in [-0.05, 0) is 39.4 Å². The molecule has 1 aromatic heterocycles. The fourth-order valence-corrected chi connectivity index (χ4v) is 3.43. The van der Waals surface area contributed by atoms with Crippen LogP contribution in [0.1, 0.15) is 26.1 Å². The number of aliphatic hydroxyl groups is 1. The second-order valence-electron chi connectivity index (χ2n) is 6.13. The summed E-state index contributed by atoms with van der Waals surface area (Å²) < 4.78 is 2.22. The van der Waals surface area contributed by atoms with Crippen molar-refractivity contribution in [2.45, 2.75) is 44.9 Å². The standard InChI is InChI=1S/C16H23N3O/c1-4-19-14-8-6-5-7-13(14)17-15(19)10-16(20)9-12(2)18(3)11-16/h5-8,12,20H,4,9-11H2,1-3H3. The van der Waals surface area contributed by atoms with Gasteiger partial charge >= 0.3 is 0 Å². The van der Waals surface area contributed by atoms with E-state index >= 15 is 0 Å². The average molecular weight is 273 g/mol. The average Bonchev–Trinajstić information content (AvgIpc) is 2.86. The molecule has 2 unspecified atom stereocenters. The van der Waals surface area contributed by atoms with Crippen LogP contribution in [0, 0.1) is 0 Å². The quantitative estimate of drug-likeness (QED) is 0.930. The Kier molecular flexibility index (Phi) is 3.30. The summed E-state index contributed by atoms with van der Waals surface area (Å²) in [6.07, 6.45) is 1.45. The number of hydrogen-bond donors (Lipinski definition) is 1. The highest BCUT2D eigenvalue weighted by Crippen LogP contribution is 2.29. The number of para-hydroxylation sites is 2. The van der Waals surface area contributed by atoms with Crippen molar-refractivity contribution in [1.29, 1.82) is 0 Å². The van der Waals surface area contributed by atoms with E-state index in [1.54, 1.807) is 0 Å². The van der Waals surface area contributed by atoms with Crippen molar-refractivity contribution in [3.63, 3.8) is 0 Å². The van der Waals surface area contributed by atoms with Crippen molar-refractivity contribution in [2.24, 2.45) is 0 Å². The number of hydrogen-bond acceptors (Lipinski definition) is 3. The molecule has 0 aliphatic carbocycles. The van der Waals surface area contributed by atoms with Gasteiger partial charge in [0.2, 0.25) is 0 Å².